The van der Waals surface area contributed by atoms with Gasteiger partial charge < -0.3 is 0 Å². The van der Waals surface area contributed by atoms with E-state index in [0.717, 1.165) is 0 Å². The molecule has 1 heterocycles. The van der Waals surface area contributed by atoms with E-state index in [1.54, 1.807) is 6.07 Å². The lowest BCUT2D eigenvalue weighted by Crippen LogP contribution is -2.03. The zero-order valence-corrected chi connectivity index (χ0v) is 6.96. The van der Waals surface area contributed by atoms with Crippen LogP contribution in [-0.4, -0.2) is 24.1 Å². The molecule has 0 radical (unpaired) electrons. The number of nitrogens with zero attached hydrogens (tertiary/aromatic N) is 2. The largest absolute Gasteiger partial charge is 0.302 e. The van der Waals surface area contributed by atoms with E-state index in [1.807, 2.05) is 0 Å². The van der Waals surface area contributed by atoms with Crippen molar-refractivity contribution in [2.75, 3.05) is 5.75 Å². The Hall–Kier alpha value is -1.04. The zero-order chi connectivity index (χ0) is 9.03. The number of aromatic nitrogens is 2. The van der Waals surface area contributed by atoms with Gasteiger partial charge in [-0.15, -0.1) is 3.89 Å². The summed E-state index contributed by atoms with van der Waals surface area (Å²) in [5.74, 6) is -0.524. The van der Waals surface area contributed by atoms with Gasteiger partial charge in [-0.3, -0.25) is 0 Å². The van der Waals surface area contributed by atoms with Gasteiger partial charge in [0, 0.05) is 18.3 Å². The van der Waals surface area contributed by atoms with E-state index < -0.39 is 16.0 Å². The molecule has 4 nitrogen and oxygen atoms in total. The molecule has 0 unspecified atom stereocenters. The van der Waals surface area contributed by atoms with E-state index in [9.17, 15) is 12.3 Å². The number of halogens is 1. The molecule has 0 aliphatic carbocycles. The first-order chi connectivity index (χ1) is 5.58. The summed E-state index contributed by atoms with van der Waals surface area (Å²) < 4.78 is 32.2. The standard InChI is InChI=1S/C6H7FN2O2S/c7-12(10,11)4-2-6-1-3-8-5-9-6/h1,3,5H,2,4H2. The summed E-state index contributed by atoms with van der Waals surface area (Å²) in [6.45, 7) is 0. The highest BCUT2D eigenvalue weighted by Crippen LogP contribution is 1.98. The summed E-state index contributed by atoms with van der Waals surface area (Å²) in [6.07, 6.45) is 2.86. The minimum atomic E-state index is -4.38. The van der Waals surface area contributed by atoms with Gasteiger partial charge in [0.2, 0.25) is 0 Å². The molecule has 0 aliphatic rings. The fraction of sp³-hybridized carbons (Fsp3) is 0.333. The highest BCUT2D eigenvalue weighted by Gasteiger charge is 2.07. The van der Waals surface area contributed by atoms with Crippen molar-refractivity contribution in [1.29, 1.82) is 0 Å². The van der Waals surface area contributed by atoms with Gasteiger partial charge in [0.1, 0.15) is 6.33 Å². The first-order valence-corrected chi connectivity index (χ1v) is 4.80. The molecule has 0 aromatic carbocycles. The van der Waals surface area contributed by atoms with Gasteiger partial charge in [-0.1, -0.05) is 0 Å². The van der Waals surface area contributed by atoms with E-state index in [-0.39, 0.29) is 6.42 Å². The van der Waals surface area contributed by atoms with Crippen LogP contribution in [0.4, 0.5) is 3.89 Å². The lowest BCUT2D eigenvalue weighted by atomic mass is 10.3. The van der Waals surface area contributed by atoms with E-state index in [1.165, 1.54) is 12.5 Å². The molecule has 66 valence electrons. The molecule has 0 fully saturated rings. The summed E-state index contributed by atoms with van der Waals surface area (Å²) >= 11 is 0. The van der Waals surface area contributed by atoms with Crippen molar-refractivity contribution in [3.05, 3.63) is 24.3 Å². The molecule has 0 bridgehead atoms. The van der Waals surface area contributed by atoms with Crippen LogP contribution in [0.3, 0.4) is 0 Å². The van der Waals surface area contributed by atoms with Crippen molar-refractivity contribution in [3.8, 4) is 0 Å². The lowest BCUT2D eigenvalue weighted by Gasteiger charge is -1.94. The number of aryl methyl sites for hydroxylation is 1. The van der Waals surface area contributed by atoms with Crippen LogP contribution in [0.25, 0.3) is 0 Å². The van der Waals surface area contributed by atoms with Gasteiger partial charge in [0.25, 0.3) is 0 Å². The zero-order valence-electron chi connectivity index (χ0n) is 6.14. The van der Waals surface area contributed by atoms with Gasteiger partial charge in [-0.05, 0) is 6.07 Å². The van der Waals surface area contributed by atoms with Crippen LogP contribution in [0.15, 0.2) is 18.6 Å². The van der Waals surface area contributed by atoms with Gasteiger partial charge >= 0.3 is 10.2 Å². The predicted octanol–water partition coefficient (Wildman–Crippen LogP) is 0.318. The maximum Gasteiger partial charge on any atom is 0.302 e. The second-order valence-electron chi connectivity index (χ2n) is 2.19. The molecule has 0 aliphatic heterocycles. The van der Waals surface area contributed by atoms with Gasteiger partial charge in [-0.2, -0.15) is 8.42 Å². The molecule has 1 aromatic rings. The minimum absolute atomic E-state index is 0.0847. The second-order valence-corrected chi connectivity index (χ2v) is 3.68. The van der Waals surface area contributed by atoms with Gasteiger partial charge in [-0.25, -0.2) is 9.97 Å². The Morgan fingerprint density at radius 1 is 1.50 bits per heavy atom. The molecule has 0 amide bonds. The SMILES string of the molecule is O=S(=O)(F)CCc1ccncn1. The fourth-order valence-electron chi connectivity index (χ4n) is 0.692. The summed E-state index contributed by atoms with van der Waals surface area (Å²) in [4.78, 5) is 7.38. The normalized spacial score (nSPS) is 11.4. The lowest BCUT2D eigenvalue weighted by molar-refractivity contribution is 0.551. The molecule has 0 saturated carbocycles. The van der Waals surface area contributed by atoms with Gasteiger partial charge in [0.05, 0.1) is 5.75 Å². The third kappa shape index (κ3) is 3.38. The predicted molar refractivity (Wildman–Crippen MR) is 40.6 cm³/mol. The Morgan fingerprint density at radius 2 is 2.25 bits per heavy atom. The average molecular weight is 190 g/mol. The van der Waals surface area contributed by atoms with E-state index in [0.29, 0.717) is 5.69 Å². The minimum Gasteiger partial charge on any atom is -0.245 e. The summed E-state index contributed by atoms with van der Waals surface area (Å²) in [5.41, 5.74) is 0.520. The van der Waals surface area contributed by atoms with E-state index >= 15 is 0 Å². The van der Waals surface area contributed by atoms with Crippen LogP contribution < -0.4 is 0 Å². The smallest absolute Gasteiger partial charge is 0.245 e. The quantitative estimate of drug-likeness (QED) is 0.644. The molecule has 0 N–H and O–H groups in total. The Morgan fingerprint density at radius 3 is 2.75 bits per heavy atom. The second kappa shape index (κ2) is 3.57. The number of hydrogen-bond donors (Lipinski definition) is 0. The average Bonchev–Trinajstić information content (AvgIpc) is 2.02. The molecule has 1 aromatic heterocycles. The third-order valence-electron chi connectivity index (χ3n) is 1.25. The highest BCUT2D eigenvalue weighted by atomic mass is 32.3. The summed E-state index contributed by atoms with van der Waals surface area (Å²) in [7, 11) is -4.38. The molecule has 0 atom stereocenters. The Labute approximate surface area is 69.7 Å². The van der Waals surface area contributed by atoms with Crippen LogP contribution in [-0.2, 0) is 16.6 Å². The maximum absolute atomic E-state index is 12.0. The maximum atomic E-state index is 12.0. The molecular weight excluding hydrogens is 183 g/mol. The topological polar surface area (TPSA) is 59.9 Å². The van der Waals surface area contributed by atoms with E-state index in [2.05, 4.69) is 9.97 Å². The highest BCUT2D eigenvalue weighted by molar-refractivity contribution is 7.86. The molecular formula is C6H7FN2O2S. The molecule has 6 heteroatoms. The molecule has 0 saturated heterocycles. The third-order valence-corrected chi connectivity index (χ3v) is 1.94. The van der Waals surface area contributed by atoms with Crippen molar-refractivity contribution in [2.45, 2.75) is 6.42 Å². The van der Waals surface area contributed by atoms with Crippen LogP contribution >= 0.6 is 0 Å². The Kier molecular flexibility index (Phi) is 2.69. The molecule has 12 heavy (non-hydrogen) atoms. The Balaban J connectivity index is 2.56. The number of hydrogen-bond acceptors (Lipinski definition) is 4. The summed E-state index contributed by atoms with van der Waals surface area (Å²) in [6, 6.07) is 1.55. The molecule has 0 spiro atoms. The van der Waals surface area contributed by atoms with Crippen molar-refractivity contribution in [1.82, 2.24) is 9.97 Å². The fourth-order valence-corrected chi connectivity index (χ4v) is 1.15. The summed E-state index contributed by atoms with van der Waals surface area (Å²) in [5, 5.41) is 0. The van der Waals surface area contributed by atoms with E-state index in [4.69, 9.17) is 0 Å². The van der Waals surface area contributed by atoms with Gasteiger partial charge in [0.15, 0.2) is 0 Å². The monoisotopic (exact) mass is 190 g/mol. The Bertz CT molecular complexity index is 338. The van der Waals surface area contributed by atoms with Crippen LogP contribution in [0.5, 0.6) is 0 Å². The van der Waals surface area contributed by atoms with Crippen LogP contribution in [0, 0.1) is 0 Å². The first kappa shape index (κ1) is 9.05. The van der Waals surface area contributed by atoms with Crippen molar-refractivity contribution >= 4 is 10.2 Å². The van der Waals surface area contributed by atoms with Crippen molar-refractivity contribution in [3.63, 3.8) is 0 Å². The van der Waals surface area contributed by atoms with Crippen LogP contribution in [0.2, 0.25) is 0 Å². The van der Waals surface area contributed by atoms with Crippen LogP contribution in [0.1, 0.15) is 5.69 Å². The van der Waals surface area contributed by atoms with Crippen molar-refractivity contribution < 1.29 is 12.3 Å². The first-order valence-electron chi connectivity index (χ1n) is 3.25. The van der Waals surface area contributed by atoms with Crippen molar-refractivity contribution in [2.24, 2.45) is 0 Å². The number of rotatable bonds is 3. The molecule has 1 rings (SSSR count).